The van der Waals surface area contributed by atoms with Crippen LogP contribution in [-0.4, -0.2) is 11.5 Å². The van der Waals surface area contributed by atoms with E-state index in [-0.39, 0.29) is 5.82 Å². The van der Waals surface area contributed by atoms with Crippen molar-refractivity contribution in [3.05, 3.63) is 41.5 Å². The predicted molar refractivity (Wildman–Crippen MR) is 73.8 cm³/mol. The summed E-state index contributed by atoms with van der Waals surface area (Å²) in [6.07, 6.45) is 2.63. The smallest absolute Gasteiger partial charge is 0.260 e. The second-order valence-corrected chi connectivity index (χ2v) is 5.29. The van der Waals surface area contributed by atoms with Gasteiger partial charge in [-0.05, 0) is 49.3 Å². The Morgan fingerprint density at radius 2 is 2.26 bits per heavy atom. The lowest BCUT2D eigenvalue weighted by molar-refractivity contribution is 0.453. The van der Waals surface area contributed by atoms with E-state index in [1.165, 1.54) is 11.8 Å². The van der Waals surface area contributed by atoms with Crippen LogP contribution in [0.3, 0.4) is 0 Å². The highest BCUT2D eigenvalue weighted by Crippen LogP contribution is 2.29. The molecule has 19 heavy (non-hydrogen) atoms. The fraction of sp³-hybridized carbons (Fsp3) is 0.357. The number of hydrogen-bond donors (Lipinski definition) is 1. The second-order valence-electron chi connectivity index (χ2n) is 4.30. The Labute approximate surface area is 116 Å². The van der Waals surface area contributed by atoms with Gasteiger partial charge in [0.15, 0.2) is 0 Å². The largest absolute Gasteiger partial charge is 0.439 e. The van der Waals surface area contributed by atoms with Crippen molar-refractivity contribution in [1.29, 1.82) is 0 Å². The Kier molecular flexibility index (Phi) is 4.99. The number of hydrogen-bond acceptors (Lipinski definition) is 4. The van der Waals surface area contributed by atoms with Gasteiger partial charge in [-0.15, -0.1) is 0 Å². The molecule has 1 N–H and O–H groups in total. The van der Waals surface area contributed by atoms with E-state index < -0.39 is 0 Å². The lowest BCUT2D eigenvalue weighted by atomic mass is 10.2. The first kappa shape index (κ1) is 14.1. The fourth-order valence-corrected chi connectivity index (χ4v) is 2.39. The number of halogens is 1. The highest BCUT2D eigenvalue weighted by atomic mass is 32.2. The minimum atomic E-state index is -0.239. The van der Waals surface area contributed by atoms with Crippen molar-refractivity contribution in [2.24, 2.45) is 0 Å². The highest BCUT2D eigenvalue weighted by molar-refractivity contribution is 7.99. The zero-order valence-electron chi connectivity index (χ0n) is 11.1. The van der Waals surface area contributed by atoms with Gasteiger partial charge in [0.25, 0.3) is 5.22 Å². The van der Waals surface area contributed by atoms with Crippen LogP contribution in [0.1, 0.15) is 24.6 Å². The molecule has 1 heterocycles. The van der Waals surface area contributed by atoms with E-state index >= 15 is 0 Å². The maximum absolute atomic E-state index is 13.9. The zero-order valence-corrected chi connectivity index (χ0v) is 11.9. The van der Waals surface area contributed by atoms with Crippen LogP contribution in [0.5, 0.6) is 0 Å². The normalized spacial score (nSPS) is 10.9. The molecule has 0 atom stereocenters. The maximum atomic E-state index is 13.9. The SMILES string of the molecule is CCCNCc1ccc(Sc2nc(C)co2)c(F)c1. The molecule has 0 saturated heterocycles. The minimum Gasteiger partial charge on any atom is -0.439 e. The van der Waals surface area contributed by atoms with Crippen molar-refractivity contribution in [2.75, 3.05) is 6.54 Å². The number of rotatable bonds is 6. The first-order valence-corrected chi connectivity index (χ1v) is 7.10. The molecule has 1 aromatic carbocycles. The molecule has 0 saturated carbocycles. The molecule has 3 nitrogen and oxygen atoms in total. The summed E-state index contributed by atoms with van der Waals surface area (Å²) >= 11 is 1.20. The van der Waals surface area contributed by atoms with Crippen LogP contribution in [0.15, 0.2) is 39.0 Å². The van der Waals surface area contributed by atoms with Gasteiger partial charge in [-0.2, -0.15) is 0 Å². The number of benzene rings is 1. The molecule has 0 amide bonds. The fourth-order valence-electron chi connectivity index (χ4n) is 1.62. The summed E-state index contributed by atoms with van der Waals surface area (Å²) in [6, 6.07) is 5.24. The molecule has 5 heteroatoms. The molecule has 102 valence electrons. The summed E-state index contributed by atoms with van der Waals surface area (Å²) in [7, 11) is 0. The Balaban J connectivity index is 2.02. The third kappa shape index (κ3) is 4.08. The summed E-state index contributed by atoms with van der Waals surface area (Å²) in [4.78, 5) is 4.68. The quantitative estimate of drug-likeness (QED) is 0.817. The van der Waals surface area contributed by atoms with Crippen LogP contribution in [0.25, 0.3) is 0 Å². The number of oxazole rings is 1. The molecule has 0 radical (unpaired) electrons. The van der Waals surface area contributed by atoms with Crippen molar-refractivity contribution in [3.63, 3.8) is 0 Å². The van der Waals surface area contributed by atoms with E-state index in [1.54, 1.807) is 18.4 Å². The summed E-state index contributed by atoms with van der Waals surface area (Å²) in [6.45, 7) is 5.57. The predicted octanol–water partition coefficient (Wildman–Crippen LogP) is 3.77. The van der Waals surface area contributed by atoms with Gasteiger partial charge >= 0.3 is 0 Å². The second kappa shape index (κ2) is 6.73. The highest BCUT2D eigenvalue weighted by Gasteiger charge is 2.09. The van der Waals surface area contributed by atoms with E-state index in [0.29, 0.717) is 16.7 Å². The molecule has 0 aliphatic heterocycles. The van der Waals surface area contributed by atoms with Crippen molar-refractivity contribution in [2.45, 2.75) is 36.9 Å². The molecule has 0 unspecified atom stereocenters. The van der Waals surface area contributed by atoms with Crippen molar-refractivity contribution < 1.29 is 8.81 Å². The van der Waals surface area contributed by atoms with Gasteiger partial charge in [0.05, 0.1) is 10.6 Å². The average Bonchev–Trinajstić information content (AvgIpc) is 2.79. The lowest BCUT2D eigenvalue weighted by Gasteiger charge is -2.05. The number of nitrogens with one attached hydrogen (secondary N) is 1. The van der Waals surface area contributed by atoms with Gasteiger partial charge < -0.3 is 9.73 Å². The molecule has 2 rings (SSSR count). The Bertz CT molecular complexity index is 542. The van der Waals surface area contributed by atoms with Crippen molar-refractivity contribution >= 4 is 11.8 Å². The Hall–Kier alpha value is -1.33. The van der Waals surface area contributed by atoms with E-state index in [9.17, 15) is 4.39 Å². The first-order valence-electron chi connectivity index (χ1n) is 6.28. The van der Waals surface area contributed by atoms with Gasteiger partial charge in [0.2, 0.25) is 0 Å². The van der Waals surface area contributed by atoms with Crippen LogP contribution in [0, 0.1) is 12.7 Å². The maximum Gasteiger partial charge on any atom is 0.260 e. The van der Waals surface area contributed by atoms with E-state index in [0.717, 1.165) is 24.2 Å². The Morgan fingerprint density at radius 1 is 1.42 bits per heavy atom. The van der Waals surface area contributed by atoms with Crippen LogP contribution in [-0.2, 0) is 6.54 Å². The standard InChI is InChI=1S/C14H17FN2OS/c1-3-6-16-8-11-4-5-13(12(15)7-11)19-14-17-10(2)9-18-14/h4-5,7,9,16H,3,6,8H2,1-2H3. The third-order valence-corrected chi connectivity index (χ3v) is 3.46. The van der Waals surface area contributed by atoms with Crippen LogP contribution < -0.4 is 5.32 Å². The molecule has 0 aliphatic rings. The summed E-state index contributed by atoms with van der Waals surface area (Å²) in [5.41, 5.74) is 1.74. The van der Waals surface area contributed by atoms with Gasteiger partial charge in [0, 0.05) is 6.54 Å². The summed E-state index contributed by atoms with van der Waals surface area (Å²) in [5.74, 6) is -0.239. The van der Waals surface area contributed by atoms with E-state index in [2.05, 4.69) is 17.2 Å². The molecule has 0 spiro atoms. The van der Waals surface area contributed by atoms with Crippen LogP contribution in [0.2, 0.25) is 0 Å². The van der Waals surface area contributed by atoms with Crippen LogP contribution in [0.4, 0.5) is 4.39 Å². The molecular formula is C14H17FN2OS. The average molecular weight is 280 g/mol. The monoisotopic (exact) mass is 280 g/mol. The number of aromatic nitrogens is 1. The van der Waals surface area contributed by atoms with E-state index in [1.807, 2.05) is 13.0 Å². The summed E-state index contributed by atoms with van der Waals surface area (Å²) < 4.78 is 19.1. The van der Waals surface area contributed by atoms with Crippen molar-refractivity contribution in [1.82, 2.24) is 10.3 Å². The zero-order chi connectivity index (χ0) is 13.7. The molecule has 0 bridgehead atoms. The number of aryl methyl sites for hydroxylation is 1. The molecule has 1 aromatic heterocycles. The lowest BCUT2D eigenvalue weighted by Crippen LogP contribution is -2.13. The van der Waals surface area contributed by atoms with Gasteiger partial charge in [-0.25, -0.2) is 9.37 Å². The molecule has 2 aromatic rings. The minimum absolute atomic E-state index is 0.239. The van der Waals surface area contributed by atoms with E-state index in [4.69, 9.17) is 4.42 Å². The van der Waals surface area contributed by atoms with Crippen molar-refractivity contribution in [3.8, 4) is 0 Å². The third-order valence-electron chi connectivity index (χ3n) is 2.55. The van der Waals surface area contributed by atoms with Gasteiger partial charge in [0.1, 0.15) is 12.1 Å². The topological polar surface area (TPSA) is 38.1 Å². The molecule has 0 fully saturated rings. The van der Waals surface area contributed by atoms with Crippen LogP contribution >= 0.6 is 11.8 Å². The molecule has 0 aliphatic carbocycles. The number of nitrogens with zero attached hydrogens (tertiary/aromatic N) is 1. The van der Waals surface area contributed by atoms with Gasteiger partial charge in [-0.1, -0.05) is 13.0 Å². The first-order chi connectivity index (χ1) is 9.19. The molecular weight excluding hydrogens is 263 g/mol. The summed E-state index contributed by atoms with van der Waals surface area (Å²) in [5, 5.41) is 3.71. The van der Waals surface area contributed by atoms with Gasteiger partial charge in [-0.3, -0.25) is 0 Å². The Morgan fingerprint density at radius 3 is 2.89 bits per heavy atom.